The third-order valence-corrected chi connectivity index (χ3v) is 16.1. The van der Waals surface area contributed by atoms with Crippen LogP contribution in [0, 0.1) is 0 Å². The van der Waals surface area contributed by atoms with Crippen LogP contribution in [0.25, 0.3) is 0 Å². The van der Waals surface area contributed by atoms with E-state index < -0.39 is 24.8 Å². The van der Waals surface area contributed by atoms with E-state index in [4.69, 9.17) is 5.73 Å². The Labute approximate surface area is 512 Å². The Bertz CT molecular complexity index is 3320. The third-order valence-electron chi connectivity index (χ3n) is 13.7. The topological polar surface area (TPSA) is 286 Å². The number of anilines is 7. The van der Waals surface area contributed by atoms with Gasteiger partial charge in [-0.25, -0.2) is 0 Å². The number of ether oxygens (including phenoxy) is 2. The molecule has 0 spiro atoms. The maximum Gasteiger partial charge on any atom is 0.573 e. The molecule has 0 bridgehead atoms. The number of ketones is 2. The Morgan fingerprint density at radius 3 is 1.22 bits per heavy atom. The first-order valence-corrected chi connectivity index (χ1v) is 29.8. The van der Waals surface area contributed by atoms with E-state index in [1.807, 2.05) is 36.4 Å². The van der Waals surface area contributed by atoms with Gasteiger partial charge in [0.05, 0.1) is 24.9 Å². The number of alkyl halides is 6. The molecule has 25 nitrogen and oxygen atoms in total. The predicted octanol–water partition coefficient (Wildman–Crippen LogP) is 7.27. The second-order valence-electron chi connectivity index (χ2n) is 20.7. The van der Waals surface area contributed by atoms with Crippen LogP contribution < -0.4 is 45.9 Å². The van der Waals surface area contributed by atoms with Gasteiger partial charge in [0.25, 0.3) is 0 Å². The summed E-state index contributed by atoms with van der Waals surface area (Å²) in [6.45, 7) is 5.00. The molecule has 0 saturated carbocycles. The highest BCUT2D eigenvalue weighted by atomic mass is 32.1. The minimum absolute atomic E-state index is 0.00292. The molecule has 88 heavy (non-hydrogen) atoms. The Kier molecular flexibility index (Phi) is 21.3. The van der Waals surface area contributed by atoms with Gasteiger partial charge in [0.2, 0.25) is 20.5 Å². The second-order valence-corrected chi connectivity index (χ2v) is 23.8. The molecule has 3 aliphatic rings. The molecule has 6 aromatic heterocycles. The van der Waals surface area contributed by atoms with Crippen molar-refractivity contribution in [1.29, 1.82) is 0 Å². The SMILES string of the molecule is CN(C)[C@@H](C(=O)Cc1nnc(N[C@@H]2CCN(c3cccnn3)C2)s1)c1cccc(OC(F)(F)F)c1.CN(C)[C@H](C(=O)Cc1nnc(N[C@@H]2CCN(c3cccnn3)C2)s1)c1cccc(OC(F)(F)F)c1.Nc1nnc(N[C@@H]2CCN(c3cccnn3)C2)s1. The standard InChI is InChI=1S/2C22H24F3N7O2S.C10H13N7S/c2*1-31(2)20(14-5-3-6-16(11-14)34-22(23,24)25)17(33)12-19-29-30-21(35-19)27-15-8-10-32(13-15)18-7-4-9-26-28-18;11-9-15-16-10(18-9)13-7-3-5-17(6-7)8-2-1-4-12-14-8/h2*3-7,9,11,15,20H,8,10,12-13H2,1-2H3,(H,27,30);1-2,4,7H,3,5-6H2,(H2,11,15)(H,13,16)/t15-,20+;15-,20-;7-/m111/s1. The molecular weight excluding hydrogens is 1220 g/mol. The van der Waals surface area contributed by atoms with Crippen LogP contribution in [0.1, 0.15) is 52.5 Å². The summed E-state index contributed by atoms with van der Waals surface area (Å²) in [5.74, 6) is 1.39. The number of halogens is 6. The molecule has 11 rings (SSSR count). The quantitative estimate of drug-likeness (QED) is 0.0515. The lowest BCUT2D eigenvalue weighted by Gasteiger charge is -2.23. The van der Waals surface area contributed by atoms with E-state index >= 15 is 0 Å². The summed E-state index contributed by atoms with van der Waals surface area (Å²) >= 11 is 3.95. The minimum atomic E-state index is -4.81. The smallest absolute Gasteiger partial charge is 0.406 e. The van der Waals surface area contributed by atoms with Crippen LogP contribution in [0.3, 0.4) is 0 Å². The van der Waals surface area contributed by atoms with Crippen LogP contribution in [0.15, 0.2) is 104 Å². The third kappa shape index (κ3) is 18.7. The fourth-order valence-electron chi connectivity index (χ4n) is 10.0. The van der Waals surface area contributed by atoms with Gasteiger partial charge in [-0.3, -0.25) is 19.4 Å². The van der Waals surface area contributed by atoms with Crippen molar-refractivity contribution in [3.63, 3.8) is 0 Å². The van der Waals surface area contributed by atoms with Crippen LogP contribution in [0.4, 0.5) is 64.3 Å². The van der Waals surface area contributed by atoms with Crippen molar-refractivity contribution in [3.05, 3.63) is 125 Å². The van der Waals surface area contributed by atoms with Crippen LogP contribution in [0.5, 0.6) is 11.5 Å². The Morgan fingerprint density at radius 1 is 0.534 bits per heavy atom. The van der Waals surface area contributed by atoms with Crippen LogP contribution in [0.2, 0.25) is 0 Å². The molecule has 8 aromatic rings. The maximum absolute atomic E-state index is 13.1. The number of Topliss-reactive ketones (excluding diaryl/α,β-unsaturated/α-hetero) is 2. The highest BCUT2D eigenvalue weighted by Gasteiger charge is 2.34. The Morgan fingerprint density at radius 2 is 0.898 bits per heavy atom. The molecule has 3 aliphatic heterocycles. The molecule has 0 unspecified atom stereocenters. The fraction of sp³-hybridized carbons (Fsp3) is 0.407. The summed E-state index contributed by atoms with van der Waals surface area (Å²) < 4.78 is 83.6. The molecule has 0 amide bonds. The Hall–Kier alpha value is -8.60. The largest absolute Gasteiger partial charge is 0.573 e. The maximum atomic E-state index is 13.1. The number of nitrogens with zero attached hydrogens (tertiary/aromatic N) is 17. The average Bonchev–Trinajstić information content (AvgIpc) is 3.93. The number of nitrogens with two attached hydrogens (primary N) is 1. The van der Waals surface area contributed by atoms with E-state index in [9.17, 15) is 35.9 Å². The van der Waals surface area contributed by atoms with Gasteiger partial charge in [0, 0.05) is 76.0 Å². The number of carbonyl (C=O) groups is 2. The normalized spacial score (nSPS) is 17.4. The summed E-state index contributed by atoms with van der Waals surface area (Å²) in [4.78, 5) is 36.0. The van der Waals surface area contributed by atoms with E-state index in [1.54, 1.807) is 68.7 Å². The highest BCUT2D eigenvalue weighted by Crippen LogP contribution is 2.33. The van der Waals surface area contributed by atoms with Crippen molar-refractivity contribution < 1.29 is 45.4 Å². The summed E-state index contributed by atoms with van der Waals surface area (Å²) in [5, 5.41) is 62.0. The number of rotatable bonds is 21. The monoisotopic (exact) mass is 1280 g/mol. The van der Waals surface area contributed by atoms with Gasteiger partial charge in [-0.2, -0.15) is 15.3 Å². The van der Waals surface area contributed by atoms with Gasteiger partial charge < -0.3 is 45.9 Å². The number of aromatic nitrogens is 12. The first-order chi connectivity index (χ1) is 42.2. The molecule has 5 atom stereocenters. The zero-order chi connectivity index (χ0) is 62.4. The average molecular weight is 1280 g/mol. The molecule has 3 fully saturated rings. The molecule has 9 heterocycles. The lowest BCUT2D eigenvalue weighted by molar-refractivity contribution is -0.275. The van der Waals surface area contributed by atoms with Crippen LogP contribution >= 0.6 is 34.0 Å². The first-order valence-electron chi connectivity index (χ1n) is 27.4. The number of nitrogen functional groups attached to an aromatic ring is 1. The van der Waals surface area contributed by atoms with Gasteiger partial charge in [-0.15, -0.1) is 72.2 Å². The Balaban J connectivity index is 0.000000165. The van der Waals surface area contributed by atoms with Crippen molar-refractivity contribution in [1.82, 2.24) is 71.0 Å². The minimum Gasteiger partial charge on any atom is -0.406 e. The van der Waals surface area contributed by atoms with E-state index in [2.05, 4.69) is 101 Å². The summed E-state index contributed by atoms with van der Waals surface area (Å²) in [7, 11) is 6.76. The second kappa shape index (κ2) is 29.4. The zero-order valence-corrected chi connectivity index (χ0v) is 50.2. The molecule has 3 saturated heterocycles. The van der Waals surface area contributed by atoms with Crippen molar-refractivity contribution in [2.75, 3.05) is 104 Å². The molecule has 466 valence electrons. The van der Waals surface area contributed by atoms with Gasteiger partial charge in [0.15, 0.2) is 29.0 Å². The van der Waals surface area contributed by atoms with Gasteiger partial charge >= 0.3 is 12.7 Å². The van der Waals surface area contributed by atoms with Crippen molar-refractivity contribution in [2.45, 2.75) is 75.0 Å². The van der Waals surface area contributed by atoms with Crippen molar-refractivity contribution in [2.24, 2.45) is 0 Å². The van der Waals surface area contributed by atoms with Gasteiger partial charge in [-0.1, -0.05) is 58.3 Å². The zero-order valence-electron chi connectivity index (χ0n) is 47.8. The number of hydrogen-bond acceptors (Lipinski definition) is 28. The first kappa shape index (κ1) is 63.9. The van der Waals surface area contributed by atoms with E-state index in [0.717, 1.165) is 81.1 Å². The van der Waals surface area contributed by atoms with Gasteiger partial charge in [0.1, 0.15) is 21.5 Å². The fourth-order valence-corrected chi connectivity index (χ4v) is 12.3. The molecule has 0 radical (unpaired) electrons. The predicted molar refractivity (Wildman–Crippen MR) is 319 cm³/mol. The van der Waals surface area contributed by atoms with Gasteiger partial charge in [-0.05, 0) is 119 Å². The number of nitrogens with one attached hydrogen (secondary N) is 3. The molecule has 34 heteroatoms. The number of likely N-dealkylation sites (N-methyl/N-ethyl adjacent to an activating group) is 2. The molecule has 2 aromatic carbocycles. The number of benzene rings is 2. The summed E-state index contributed by atoms with van der Waals surface area (Å²) in [6, 6.07) is 21.4. The van der Waals surface area contributed by atoms with Crippen LogP contribution in [-0.2, 0) is 22.4 Å². The van der Waals surface area contributed by atoms with E-state index in [1.165, 1.54) is 70.4 Å². The highest BCUT2D eigenvalue weighted by molar-refractivity contribution is 7.18. The summed E-state index contributed by atoms with van der Waals surface area (Å²) in [5.41, 5.74) is 6.35. The summed E-state index contributed by atoms with van der Waals surface area (Å²) in [6.07, 6.45) is -1.84. The van der Waals surface area contributed by atoms with Crippen LogP contribution in [-0.4, -0.2) is 181 Å². The number of carbonyl (C=O) groups excluding carboxylic acids is 2. The van der Waals surface area contributed by atoms with E-state index in [-0.39, 0.29) is 48.0 Å². The molecular formula is C54H61F6N21O4S3. The lowest BCUT2D eigenvalue weighted by Crippen LogP contribution is -2.29. The lowest BCUT2D eigenvalue weighted by atomic mass is 9.99. The number of hydrogen-bond donors (Lipinski definition) is 4. The van der Waals surface area contributed by atoms with Crippen molar-refractivity contribution in [3.8, 4) is 11.5 Å². The molecule has 5 N–H and O–H groups in total. The molecule has 0 aliphatic carbocycles. The van der Waals surface area contributed by atoms with Crippen molar-refractivity contribution >= 4 is 83.6 Å². The van der Waals surface area contributed by atoms with E-state index in [0.29, 0.717) is 42.6 Å².